The van der Waals surface area contributed by atoms with E-state index in [2.05, 4.69) is 13.2 Å². The van der Waals surface area contributed by atoms with Gasteiger partial charge in [0.05, 0.1) is 5.69 Å². The molecule has 2 rings (SSSR count). The van der Waals surface area contributed by atoms with E-state index >= 15 is 0 Å². The highest BCUT2D eigenvalue weighted by molar-refractivity contribution is 6.28. The van der Waals surface area contributed by atoms with E-state index in [0.29, 0.717) is 24.5 Å². The average Bonchev–Trinajstić information content (AvgIpc) is 2.76. The Morgan fingerprint density at radius 3 is 2.27 bits per heavy atom. The average molecular weight is 297 g/mol. The summed E-state index contributed by atoms with van der Waals surface area (Å²) in [7, 11) is 0. The standard InChI is InChI=1S/C18H19NO3/c1-12(2)9-14-5-6-15(16(10-14)22-11-13(3)4)19-17(20)7-8-18(19)21/h5-8,10H,1,3,9,11H2,2,4H3. The van der Waals surface area contributed by atoms with E-state index < -0.39 is 0 Å². The van der Waals surface area contributed by atoms with Crippen LogP contribution in [0.5, 0.6) is 5.75 Å². The molecule has 0 bridgehead atoms. The lowest BCUT2D eigenvalue weighted by molar-refractivity contribution is -0.120. The first kappa shape index (κ1) is 15.8. The molecule has 0 saturated carbocycles. The Hall–Kier alpha value is -2.62. The third-order valence-electron chi connectivity index (χ3n) is 3.05. The Balaban J connectivity index is 2.38. The van der Waals surface area contributed by atoms with Crippen molar-refractivity contribution < 1.29 is 14.3 Å². The van der Waals surface area contributed by atoms with Crippen LogP contribution >= 0.6 is 0 Å². The van der Waals surface area contributed by atoms with Crippen molar-refractivity contribution >= 4 is 17.5 Å². The number of allylic oxidation sites excluding steroid dienone is 1. The largest absolute Gasteiger partial charge is 0.487 e. The second kappa shape index (κ2) is 6.43. The molecular formula is C18H19NO3. The van der Waals surface area contributed by atoms with Crippen LogP contribution in [0.4, 0.5) is 5.69 Å². The monoisotopic (exact) mass is 297 g/mol. The zero-order valence-corrected chi connectivity index (χ0v) is 12.9. The van der Waals surface area contributed by atoms with Gasteiger partial charge in [-0.2, -0.15) is 0 Å². The summed E-state index contributed by atoms with van der Waals surface area (Å²) in [6.07, 6.45) is 3.23. The third kappa shape index (κ3) is 3.52. The summed E-state index contributed by atoms with van der Waals surface area (Å²) in [6, 6.07) is 5.44. The summed E-state index contributed by atoms with van der Waals surface area (Å²) in [5, 5.41) is 0. The molecular weight excluding hydrogens is 278 g/mol. The lowest BCUT2D eigenvalue weighted by Crippen LogP contribution is -2.30. The minimum absolute atomic E-state index is 0.327. The zero-order chi connectivity index (χ0) is 16.3. The molecule has 22 heavy (non-hydrogen) atoms. The van der Waals surface area contributed by atoms with E-state index in [-0.39, 0.29) is 11.8 Å². The Morgan fingerprint density at radius 2 is 1.73 bits per heavy atom. The molecule has 2 amide bonds. The van der Waals surface area contributed by atoms with Gasteiger partial charge in [0.15, 0.2) is 0 Å². The highest BCUT2D eigenvalue weighted by atomic mass is 16.5. The number of nitrogens with zero attached hydrogens (tertiary/aromatic N) is 1. The highest BCUT2D eigenvalue weighted by Gasteiger charge is 2.28. The molecule has 0 saturated heterocycles. The molecule has 1 aromatic carbocycles. The number of imide groups is 1. The highest BCUT2D eigenvalue weighted by Crippen LogP contribution is 2.32. The summed E-state index contributed by atoms with van der Waals surface area (Å²) in [6.45, 7) is 11.8. The van der Waals surface area contributed by atoms with Gasteiger partial charge >= 0.3 is 0 Å². The fraction of sp³-hybridized carbons (Fsp3) is 0.222. The van der Waals surface area contributed by atoms with Gasteiger partial charge < -0.3 is 4.74 Å². The number of anilines is 1. The maximum Gasteiger partial charge on any atom is 0.258 e. The summed E-state index contributed by atoms with van der Waals surface area (Å²) in [4.78, 5) is 24.8. The molecule has 1 aliphatic rings. The van der Waals surface area contributed by atoms with Crippen molar-refractivity contribution in [3.8, 4) is 5.75 Å². The van der Waals surface area contributed by atoms with Gasteiger partial charge in [0.2, 0.25) is 0 Å². The normalized spacial score (nSPS) is 13.6. The Kier molecular flexibility index (Phi) is 4.61. The van der Waals surface area contributed by atoms with Crippen LogP contribution in [0.2, 0.25) is 0 Å². The second-order valence-corrected chi connectivity index (χ2v) is 5.53. The van der Waals surface area contributed by atoms with Crippen LogP contribution in [0.3, 0.4) is 0 Å². The first-order valence-electron chi connectivity index (χ1n) is 6.99. The van der Waals surface area contributed by atoms with Gasteiger partial charge in [-0.05, 0) is 43.5 Å². The van der Waals surface area contributed by atoms with Gasteiger partial charge in [-0.25, -0.2) is 4.90 Å². The molecule has 4 nitrogen and oxygen atoms in total. The number of rotatable bonds is 6. The van der Waals surface area contributed by atoms with E-state index in [0.717, 1.165) is 21.6 Å². The number of carbonyl (C=O) groups excluding carboxylic acids is 2. The summed E-state index contributed by atoms with van der Waals surface area (Å²) >= 11 is 0. The molecule has 1 aliphatic heterocycles. The van der Waals surface area contributed by atoms with Crippen molar-refractivity contribution in [3.63, 3.8) is 0 Å². The quantitative estimate of drug-likeness (QED) is 0.598. The van der Waals surface area contributed by atoms with Crippen molar-refractivity contribution in [1.29, 1.82) is 0 Å². The van der Waals surface area contributed by atoms with Crippen LogP contribution < -0.4 is 9.64 Å². The van der Waals surface area contributed by atoms with Gasteiger partial charge in [0.25, 0.3) is 11.8 Å². The van der Waals surface area contributed by atoms with Crippen LogP contribution in [0, 0.1) is 0 Å². The number of carbonyl (C=O) groups is 2. The van der Waals surface area contributed by atoms with Crippen molar-refractivity contribution in [2.24, 2.45) is 0 Å². The smallest absolute Gasteiger partial charge is 0.258 e. The molecule has 1 heterocycles. The number of hydrogen-bond donors (Lipinski definition) is 0. The number of hydrogen-bond acceptors (Lipinski definition) is 3. The predicted molar refractivity (Wildman–Crippen MR) is 86.9 cm³/mol. The number of amides is 2. The van der Waals surface area contributed by atoms with Crippen LogP contribution in [-0.4, -0.2) is 18.4 Å². The first-order valence-corrected chi connectivity index (χ1v) is 6.99. The second-order valence-electron chi connectivity index (χ2n) is 5.53. The molecule has 1 aromatic rings. The fourth-order valence-corrected chi connectivity index (χ4v) is 2.16. The Labute approximate surface area is 130 Å². The van der Waals surface area contributed by atoms with E-state index in [1.165, 1.54) is 12.2 Å². The molecule has 0 N–H and O–H groups in total. The maximum absolute atomic E-state index is 11.9. The summed E-state index contributed by atoms with van der Waals surface area (Å²) in [5.74, 6) is -0.234. The van der Waals surface area contributed by atoms with Crippen molar-refractivity contribution in [2.75, 3.05) is 11.5 Å². The van der Waals surface area contributed by atoms with Crippen LogP contribution in [-0.2, 0) is 16.0 Å². The summed E-state index contributed by atoms with van der Waals surface area (Å²) in [5.41, 5.74) is 3.34. The van der Waals surface area contributed by atoms with Gasteiger partial charge in [-0.1, -0.05) is 24.8 Å². The zero-order valence-electron chi connectivity index (χ0n) is 12.9. The molecule has 4 heteroatoms. The topological polar surface area (TPSA) is 46.6 Å². The molecule has 0 aliphatic carbocycles. The molecule has 114 valence electrons. The predicted octanol–water partition coefficient (Wildman–Crippen LogP) is 3.19. The van der Waals surface area contributed by atoms with E-state index in [4.69, 9.17) is 4.74 Å². The van der Waals surface area contributed by atoms with Gasteiger partial charge in [-0.15, -0.1) is 0 Å². The molecule has 0 aromatic heterocycles. The summed E-state index contributed by atoms with van der Waals surface area (Å²) < 4.78 is 5.73. The maximum atomic E-state index is 11.9. The van der Waals surface area contributed by atoms with Gasteiger partial charge in [0.1, 0.15) is 12.4 Å². The lowest BCUT2D eigenvalue weighted by Gasteiger charge is -2.19. The molecule has 0 atom stereocenters. The van der Waals surface area contributed by atoms with Crippen molar-refractivity contribution in [3.05, 3.63) is 60.2 Å². The SMILES string of the molecule is C=C(C)COc1cc(CC(=C)C)ccc1N1C(=O)C=CC1=O. The van der Waals surface area contributed by atoms with Crippen LogP contribution in [0.15, 0.2) is 54.7 Å². The number of ether oxygens (including phenoxy) is 1. The van der Waals surface area contributed by atoms with Crippen LogP contribution in [0.25, 0.3) is 0 Å². The minimum atomic E-state index is -0.363. The third-order valence-corrected chi connectivity index (χ3v) is 3.05. The Morgan fingerprint density at radius 1 is 1.09 bits per heavy atom. The van der Waals surface area contributed by atoms with Gasteiger partial charge in [-0.3, -0.25) is 9.59 Å². The van der Waals surface area contributed by atoms with Crippen molar-refractivity contribution in [2.45, 2.75) is 20.3 Å². The fourth-order valence-electron chi connectivity index (χ4n) is 2.16. The molecule has 0 radical (unpaired) electrons. The van der Waals surface area contributed by atoms with Crippen LogP contribution in [0.1, 0.15) is 19.4 Å². The van der Waals surface area contributed by atoms with E-state index in [1.54, 1.807) is 6.07 Å². The van der Waals surface area contributed by atoms with E-state index in [9.17, 15) is 9.59 Å². The molecule has 0 spiro atoms. The first-order chi connectivity index (χ1) is 10.4. The van der Waals surface area contributed by atoms with Crippen molar-refractivity contribution in [1.82, 2.24) is 0 Å². The minimum Gasteiger partial charge on any atom is -0.487 e. The van der Waals surface area contributed by atoms with Gasteiger partial charge in [0, 0.05) is 12.2 Å². The number of benzene rings is 1. The molecule has 0 fully saturated rings. The van der Waals surface area contributed by atoms with E-state index in [1.807, 2.05) is 26.0 Å². The molecule has 0 unspecified atom stereocenters. The lowest BCUT2D eigenvalue weighted by atomic mass is 10.1. The Bertz CT molecular complexity index is 668.